The van der Waals surface area contributed by atoms with Crippen LogP contribution in [-0.2, 0) is 0 Å². The zero-order chi connectivity index (χ0) is 19.8. The fourth-order valence-corrected chi connectivity index (χ4v) is 4.16. The Morgan fingerprint density at radius 3 is 2.52 bits per heavy atom. The molecule has 0 atom stereocenters. The number of nitrogens with one attached hydrogen (secondary N) is 2. The third kappa shape index (κ3) is 3.25. The minimum Gasteiger partial charge on any atom is -0.497 e. The summed E-state index contributed by atoms with van der Waals surface area (Å²) in [6.07, 6.45) is 0. The number of H-pyrrole nitrogens is 1. The number of rotatable bonds is 5. The Kier molecular flexibility index (Phi) is 4.29. The second-order valence-corrected chi connectivity index (χ2v) is 7.53. The topological polar surface area (TPSA) is 72.1 Å². The number of aromatic nitrogens is 3. The van der Waals surface area contributed by atoms with E-state index >= 15 is 0 Å². The molecular weight excluding hydrogens is 384 g/mol. The first-order valence-corrected chi connectivity index (χ1v) is 9.90. The van der Waals surface area contributed by atoms with Gasteiger partial charge in [0.05, 0.1) is 30.0 Å². The maximum absolute atomic E-state index is 5.45. The molecule has 144 valence electrons. The lowest BCUT2D eigenvalue weighted by Crippen LogP contribution is -1.90. The quantitative estimate of drug-likeness (QED) is 0.400. The monoisotopic (exact) mass is 402 g/mol. The lowest BCUT2D eigenvalue weighted by atomic mass is 10.2. The van der Waals surface area contributed by atoms with Gasteiger partial charge in [0.1, 0.15) is 22.8 Å². The molecule has 6 nitrogen and oxygen atoms in total. The molecule has 29 heavy (non-hydrogen) atoms. The van der Waals surface area contributed by atoms with Crippen LogP contribution in [0.4, 0.5) is 10.8 Å². The van der Waals surface area contributed by atoms with Gasteiger partial charge in [-0.2, -0.15) is 0 Å². The number of hydrogen-bond donors (Lipinski definition) is 2. The highest BCUT2D eigenvalue weighted by Gasteiger charge is 2.12. The van der Waals surface area contributed by atoms with Crippen LogP contribution in [-0.4, -0.2) is 29.2 Å². The van der Waals surface area contributed by atoms with Crippen molar-refractivity contribution < 1.29 is 9.47 Å². The molecule has 0 unspecified atom stereocenters. The van der Waals surface area contributed by atoms with Gasteiger partial charge < -0.3 is 19.8 Å². The highest BCUT2D eigenvalue weighted by molar-refractivity contribution is 7.22. The highest BCUT2D eigenvalue weighted by Crippen LogP contribution is 2.37. The summed E-state index contributed by atoms with van der Waals surface area (Å²) >= 11 is 1.55. The van der Waals surface area contributed by atoms with Crippen molar-refractivity contribution in [3.8, 4) is 22.9 Å². The van der Waals surface area contributed by atoms with Crippen LogP contribution in [0, 0.1) is 0 Å². The van der Waals surface area contributed by atoms with E-state index in [1.54, 1.807) is 25.6 Å². The summed E-state index contributed by atoms with van der Waals surface area (Å²) in [7, 11) is 3.28. The van der Waals surface area contributed by atoms with E-state index in [1.165, 1.54) is 0 Å². The molecule has 2 N–H and O–H groups in total. The van der Waals surface area contributed by atoms with E-state index in [9.17, 15) is 0 Å². The van der Waals surface area contributed by atoms with Gasteiger partial charge in [0.15, 0.2) is 5.13 Å². The standard InChI is InChI=1S/C22H18N4O2S/c1-27-15-11-18(28-2)20-19(12-15)29-22(26-20)23-14-9-7-13(8-10-14)21-24-16-5-3-4-6-17(16)25-21/h3-12H,1-2H3,(H,23,26)(H,24,25). The molecule has 2 heterocycles. The lowest BCUT2D eigenvalue weighted by molar-refractivity contribution is 0.397. The fourth-order valence-electron chi connectivity index (χ4n) is 3.23. The maximum atomic E-state index is 5.45. The summed E-state index contributed by atoms with van der Waals surface area (Å²) in [5.74, 6) is 2.30. The minimum absolute atomic E-state index is 0.698. The van der Waals surface area contributed by atoms with E-state index in [1.807, 2.05) is 60.7 Å². The van der Waals surface area contributed by atoms with E-state index in [2.05, 4.69) is 20.3 Å². The van der Waals surface area contributed by atoms with Crippen molar-refractivity contribution in [1.29, 1.82) is 0 Å². The van der Waals surface area contributed by atoms with Gasteiger partial charge in [0.25, 0.3) is 0 Å². The van der Waals surface area contributed by atoms with Crippen molar-refractivity contribution in [3.05, 3.63) is 60.7 Å². The molecule has 0 amide bonds. The Hall–Kier alpha value is -3.58. The molecule has 0 saturated heterocycles. The maximum Gasteiger partial charge on any atom is 0.188 e. The molecule has 7 heteroatoms. The summed E-state index contributed by atoms with van der Waals surface area (Å²) in [6, 6.07) is 19.9. The van der Waals surface area contributed by atoms with Gasteiger partial charge in [-0.25, -0.2) is 9.97 Å². The first kappa shape index (κ1) is 17.5. The molecule has 5 rings (SSSR count). The van der Waals surface area contributed by atoms with Crippen molar-refractivity contribution >= 4 is 43.4 Å². The number of benzene rings is 3. The van der Waals surface area contributed by atoms with Crippen LogP contribution in [0.15, 0.2) is 60.7 Å². The molecule has 0 spiro atoms. The molecule has 0 radical (unpaired) electrons. The van der Waals surface area contributed by atoms with Crippen LogP contribution in [0.5, 0.6) is 11.5 Å². The zero-order valence-electron chi connectivity index (χ0n) is 15.9. The fraction of sp³-hybridized carbons (Fsp3) is 0.0909. The lowest BCUT2D eigenvalue weighted by Gasteiger charge is -2.04. The van der Waals surface area contributed by atoms with Crippen LogP contribution >= 0.6 is 11.3 Å². The van der Waals surface area contributed by atoms with Gasteiger partial charge >= 0.3 is 0 Å². The average Bonchev–Trinajstić information content (AvgIpc) is 3.37. The highest BCUT2D eigenvalue weighted by atomic mass is 32.1. The van der Waals surface area contributed by atoms with E-state index in [-0.39, 0.29) is 0 Å². The second-order valence-electron chi connectivity index (χ2n) is 6.50. The molecule has 0 saturated carbocycles. The van der Waals surface area contributed by atoms with E-state index in [4.69, 9.17) is 9.47 Å². The van der Waals surface area contributed by atoms with E-state index < -0.39 is 0 Å². The third-order valence-electron chi connectivity index (χ3n) is 4.69. The van der Waals surface area contributed by atoms with Crippen LogP contribution in [0.25, 0.3) is 32.6 Å². The smallest absolute Gasteiger partial charge is 0.188 e. The summed E-state index contributed by atoms with van der Waals surface area (Å²) in [4.78, 5) is 12.7. The van der Waals surface area contributed by atoms with Gasteiger partial charge in [-0.15, -0.1) is 0 Å². The Balaban J connectivity index is 1.42. The van der Waals surface area contributed by atoms with Gasteiger partial charge in [0.2, 0.25) is 0 Å². The summed E-state index contributed by atoms with van der Waals surface area (Å²) in [6.45, 7) is 0. The van der Waals surface area contributed by atoms with Crippen LogP contribution in [0.1, 0.15) is 0 Å². The van der Waals surface area contributed by atoms with Crippen LogP contribution in [0.3, 0.4) is 0 Å². The number of nitrogens with zero attached hydrogens (tertiary/aromatic N) is 2. The molecule has 3 aromatic carbocycles. The Labute approximate surface area is 171 Å². The Bertz CT molecular complexity index is 1270. The summed E-state index contributed by atoms with van der Waals surface area (Å²) < 4.78 is 11.8. The van der Waals surface area contributed by atoms with E-state index in [0.717, 1.165) is 49.2 Å². The molecular formula is C22H18N4O2S. The molecule has 2 aromatic heterocycles. The van der Waals surface area contributed by atoms with E-state index in [0.29, 0.717) is 5.75 Å². The van der Waals surface area contributed by atoms with Crippen molar-refractivity contribution in [2.75, 3.05) is 19.5 Å². The molecule has 0 aliphatic rings. The predicted molar refractivity (Wildman–Crippen MR) is 118 cm³/mol. The summed E-state index contributed by atoms with van der Waals surface area (Å²) in [5, 5.41) is 4.16. The Morgan fingerprint density at radius 2 is 1.76 bits per heavy atom. The number of ether oxygens (including phenoxy) is 2. The van der Waals surface area contributed by atoms with Crippen molar-refractivity contribution in [2.24, 2.45) is 0 Å². The first-order chi connectivity index (χ1) is 14.2. The van der Waals surface area contributed by atoms with Crippen molar-refractivity contribution in [1.82, 2.24) is 15.0 Å². The van der Waals surface area contributed by atoms with Gasteiger partial charge in [-0.1, -0.05) is 23.5 Å². The van der Waals surface area contributed by atoms with Gasteiger partial charge in [-0.3, -0.25) is 0 Å². The molecule has 5 aromatic rings. The molecule has 0 aliphatic carbocycles. The van der Waals surface area contributed by atoms with Crippen molar-refractivity contribution in [3.63, 3.8) is 0 Å². The number of para-hydroxylation sites is 2. The largest absolute Gasteiger partial charge is 0.497 e. The van der Waals surface area contributed by atoms with Crippen LogP contribution < -0.4 is 14.8 Å². The SMILES string of the molecule is COc1cc(OC)c2nc(Nc3ccc(-c4nc5ccccc5[nH]4)cc3)sc2c1. The Morgan fingerprint density at radius 1 is 0.931 bits per heavy atom. The first-order valence-electron chi connectivity index (χ1n) is 9.08. The van der Waals surface area contributed by atoms with Crippen LogP contribution in [0.2, 0.25) is 0 Å². The second kappa shape index (κ2) is 7.10. The molecule has 0 aliphatic heterocycles. The average molecular weight is 402 g/mol. The number of thiazole rings is 1. The summed E-state index contributed by atoms with van der Waals surface area (Å²) in [5.41, 5.74) is 4.80. The zero-order valence-corrected chi connectivity index (χ0v) is 16.7. The number of imidazole rings is 1. The molecule has 0 fully saturated rings. The predicted octanol–water partition coefficient (Wildman–Crippen LogP) is 5.60. The van der Waals surface area contributed by atoms with Gasteiger partial charge in [0, 0.05) is 17.3 Å². The number of fused-ring (bicyclic) bond motifs is 2. The normalized spacial score (nSPS) is 11.1. The number of aromatic amines is 1. The molecule has 0 bridgehead atoms. The minimum atomic E-state index is 0.698. The number of hydrogen-bond acceptors (Lipinski definition) is 6. The third-order valence-corrected chi connectivity index (χ3v) is 5.61. The van der Waals surface area contributed by atoms with Crippen molar-refractivity contribution in [2.45, 2.75) is 0 Å². The number of methoxy groups -OCH3 is 2. The van der Waals surface area contributed by atoms with Gasteiger partial charge in [-0.05, 0) is 42.5 Å². The number of anilines is 2.